The van der Waals surface area contributed by atoms with E-state index in [4.69, 9.17) is 0 Å². The van der Waals surface area contributed by atoms with E-state index < -0.39 is 0 Å². The summed E-state index contributed by atoms with van der Waals surface area (Å²) in [5.74, 6) is 0. The van der Waals surface area contributed by atoms with E-state index in [2.05, 4.69) is 63.1 Å². The Hall–Kier alpha value is -1.31. The lowest BCUT2D eigenvalue weighted by atomic mass is 9.85. The van der Waals surface area contributed by atoms with Gasteiger partial charge in [0.1, 0.15) is 0 Å². The molecule has 2 nitrogen and oxygen atoms in total. The van der Waals surface area contributed by atoms with Crippen molar-refractivity contribution in [2.24, 2.45) is 5.10 Å². The van der Waals surface area contributed by atoms with Gasteiger partial charge < -0.3 is 0 Å². The number of nitrogens with one attached hydrogen (secondary N) is 1. The zero-order valence-corrected chi connectivity index (χ0v) is 9.39. The predicted molar refractivity (Wildman–Crippen MR) is 63.1 cm³/mol. The SMILES string of the molecule is C=NNc1c(C)cccc1C(C)(C)C. The first-order valence-corrected chi connectivity index (χ1v) is 4.78. The summed E-state index contributed by atoms with van der Waals surface area (Å²) in [6, 6.07) is 6.27. The molecule has 0 spiro atoms. The fourth-order valence-corrected chi connectivity index (χ4v) is 1.52. The van der Waals surface area contributed by atoms with Gasteiger partial charge in [0, 0.05) is 6.72 Å². The highest BCUT2D eigenvalue weighted by atomic mass is 15.3. The number of hydrogen-bond acceptors (Lipinski definition) is 2. The van der Waals surface area contributed by atoms with Crippen LogP contribution in [0.25, 0.3) is 0 Å². The monoisotopic (exact) mass is 190 g/mol. The van der Waals surface area contributed by atoms with E-state index in [1.54, 1.807) is 0 Å². The number of anilines is 1. The number of hydrazone groups is 1. The molecule has 1 rings (SSSR count). The molecule has 0 aliphatic rings. The molecular weight excluding hydrogens is 172 g/mol. The third kappa shape index (κ3) is 2.13. The Morgan fingerprint density at radius 1 is 1.29 bits per heavy atom. The molecule has 76 valence electrons. The van der Waals surface area contributed by atoms with Crippen molar-refractivity contribution in [1.82, 2.24) is 0 Å². The lowest BCUT2D eigenvalue weighted by Crippen LogP contribution is -2.14. The van der Waals surface area contributed by atoms with Crippen LogP contribution < -0.4 is 5.43 Å². The second kappa shape index (κ2) is 3.82. The topological polar surface area (TPSA) is 24.4 Å². The number of hydrogen-bond donors (Lipinski definition) is 1. The second-order valence-corrected chi connectivity index (χ2v) is 4.52. The van der Waals surface area contributed by atoms with Crippen LogP contribution >= 0.6 is 0 Å². The maximum atomic E-state index is 3.74. The van der Waals surface area contributed by atoms with Gasteiger partial charge in [-0.3, -0.25) is 5.43 Å². The maximum absolute atomic E-state index is 3.74. The molecule has 14 heavy (non-hydrogen) atoms. The van der Waals surface area contributed by atoms with Gasteiger partial charge >= 0.3 is 0 Å². The zero-order valence-electron chi connectivity index (χ0n) is 9.39. The first-order chi connectivity index (χ1) is 6.46. The molecule has 0 heterocycles. The van der Waals surface area contributed by atoms with Crippen LogP contribution in [0.2, 0.25) is 0 Å². The van der Waals surface area contributed by atoms with Crippen molar-refractivity contribution in [2.75, 3.05) is 5.43 Å². The van der Waals surface area contributed by atoms with Gasteiger partial charge in [-0.1, -0.05) is 39.0 Å². The highest BCUT2D eigenvalue weighted by Gasteiger charge is 2.18. The Labute approximate surface area is 86.0 Å². The summed E-state index contributed by atoms with van der Waals surface area (Å²) in [7, 11) is 0. The molecule has 0 fully saturated rings. The van der Waals surface area contributed by atoms with Crippen molar-refractivity contribution in [3.05, 3.63) is 29.3 Å². The van der Waals surface area contributed by atoms with Gasteiger partial charge in [0.05, 0.1) is 5.69 Å². The van der Waals surface area contributed by atoms with Crippen LogP contribution in [0.4, 0.5) is 5.69 Å². The molecule has 0 radical (unpaired) electrons. The molecule has 1 N–H and O–H groups in total. The maximum Gasteiger partial charge on any atom is 0.0628 e. The normalized spacial score (nSPS) is 11.1. The molecular formula is C12H18N2. The van der Waals surface area contributed by atoms with Gasteiger partial charge in [-0.25, -0.2) is 0 Å². The summed E-state index contributed by atoms with van der Waals surface area (Å²) in [6.07, 6.45) is 0. The Kier molecular flexibility index (Phi) is 2.94. The van der Waals surface area contributed by atoms with Crippen molar-refractivity contribution in [3.63, 3.8) is 0 Å². The summed E-state index contributed by atoms with van der Waals surface area (Å²) in [5, 5.41) is 3.74. The molecule has 0 aliphatic carbocycles. The minimum absolute atomic E-state index is 0.124. The van der Waals surface area contributed by atoms with Crippen molar-refractivity contribution < 1.29 is 0 Å². The average molecular weight is 190 g/mol. The summed E-state index contributed by atoms with van der Waals surface area (Å²) >= 11 is 0. The number of aryl methyl sites for hydroxylation is 1. The molecule has 0 aliphatic heterocycles. The van der Waals surface area contributed by atoms with Crippen molar-refractivity contribution in [2.45, 2.75) is 33.1 Å². The minimum atomic E-state index is 0.124. The Bertz CT molecular complexity index is 335. The van der Waals surface area contributed by atoms with E-state index in [1.807, 2.05) is 0 Å². The van der Waals surface area contributed by atoms with E-state index in [1.165, 1.54) is 11.1 Å². The fourth-order valence-electron chi connectivity index (χ4n) is 1.52. The van der Waals surface area contributed by atoms with E-state index in [9.17, 15) is 0 Å². The predicted octanol–water partition coefficient (Wildman–Crippen LogP) is 3.32. The van der Waals surface area contributed by atoms with E-state index in [0.717, 1.165) is 5.69 Å². The molecule has 0 saturated heterocycles. The summed E-state index contributed by atoms with van der Waals surface area (Å²) in [6.45, 7) is 12.1. The second-order valence-electron chi connectivity index (χ2n) is 4.52. The zero-order chi connectivity index (χ0) is 10.8. The first kappa shape index (κ1) is 10.8. The lowest BCUT2D eigenvalue weighted by molar-refractivity contribution is 0.591. The van der Waals surface area contributed by atoms with Gasteiger partial charge in [-0.2, -0.15) is 5.10 Å². The van der Waals surface area contributed by atoms with Gasteiger partial charge in [0.25, 0.3) is 0 Å². The Balaban J connectivity index is 3.28. The largest absolute Gasteiger partial charge is 0.279 e. The van der Waals surface area contributed by atoms with Gasteiger partial charge in [-0.05, 0) is 23.5 Å². The summed E-state index contributed by atoms with van der Waals surface area (Å²) < 4.78 is 0. The van der Waals surface area contributed by atoms with Gasteiger partial charge in [0.2, 0.25) is 0 Å². The standard InChI is InChI=1S/C12H18N2/c1-9-7-6-8-10(12(2,3)4)11(9)14-13-5/h6-8,14H,5H2,1-4H3. The molecule has 1 aromatic rings. The fraction of sp³-hybridized carbons (Fsp3) is 0.417. The van der Waals surface area contributed by atoms with Gasteiger partial charge in [0.15, 0.2) is 0 Å². The number of benzene rings is 1. The van der Waals surface area contributed by atoms with Crippen LogP contribution in [0.5, 0.6) is 0 Å². The van der Waals surface area contributed by atoms with Crippen LogP contribution in [-0.4, -0.2) is 6.72 Å². The molecule has 0 aromatic heterocycles. The van der Waals surface area contributed by atoms with Crippen molar-refractivity contribution >= 4 is 12.4 Å². The van der Waals surface area contributed by atoms with Gasteiger partial charge in [-0.15, -0.1) is 0 Å². The molecule has 0 bridgehead atoms. The average Bonchev–Trinajstić information content (AvgIpc) is 2.07. The Morgan fingerprint density at radius 3 is 2.43 bits per heavy atom. The molecule has 2 heteroatoms. The van der Waals surface area contributed by atoms with Crippen molar-refractivity contribution in [1.29, 1.82) is 0 Å². The lowest BCUT2D eigenvalue weighted by Gasteiger charge is -2.23. The van der Waals surface area contributed by atoms with Crippen LogP contribution in [0, 0.1) is 6.92 Å². The quantitative estimate of drug-likeness (QED) is 0.561. The van der Waals surface area contributed by atoms with E-state index >= 15 is 0 Å². The smallest absolute Gasteiger partial charge is 0.0628 e. The molecule has 0 saturated carbocycles. The molecule has 1 aromatic carbocycles. The third-order valence-corrected chi connectivity index (χ3v) is 2.27. The molecule has 0 unspecified atom stereocenters. The number of rotatable bonds is 2. The highest BCUT2D eigenvalue weighted by molar-refractivity contribution is 5.59. The van der Waals surface area contributed by atoms with Crippen molar-refractivity contribution in [3.8, 4) is 0 Å². The first-order valence-electron chi connectivity index (χ1n) is 4.78. The van der Waals surface area contributed by atoms with Crippen LogP contribution in [0.15, 0.2) is 23.3 Å². The minimum Gasteiger partial charge on any atom is -0.279 e. The molecule has 0 atom stereocenters. The summed E-state index contributed by atoms with van der Waals surface area (Å²) in [5.41, 5.74) is 6.63. The Morgan fingerprint density at radius 2 is 1.93 bits per heavy atom. The summed E-state index contributed by atoms with van der Waals surface area (Å²) in [4.78, 5) is 0. The van der Waals surface area contributed by atoms with E-state index in [0.29, 0.717) is 0 Å². The van der Waals surface area contributed by atoms with Crippen LogP contribution in [0.3, 0.4) is 0 Å². The van der Waals surface area contributed by atoms with Crippen LogP contribution in [0.1, 0.15) is 31.9 Å². The number of nitrogens with zero attached hydrogens (tertiary/aromatic N) is 1. The third-order valence-electron chi connectivity index (χ3n) is 2.27. The molecule has 0 amide bonds. The van der Waals surface area contributed by atoms with Crippen LogP contribution in [-0.2, 0) is 5.41 Å². The number of para-hydroxylation sites is 1. The highest BCUT2D eigenvalue weighted by Crippen LogP contribution is 2.31. The van der Waals surface area contributed by atoms with E-state index in [-0.39, 0.29) is 5.41 Å².